The lowest BCUT2D eigenvalue weighted by atomic mass is 10.1. The van der Waals surface area contributed by atoms with E-state index in [4.69, 9.17) is 14.7 Å². The van der Waals surface area contributed by atoms with Crippen LogP contribution in [0.2, 0.25) is 0 Å². The third kappa shape index (κ3) is 5.06. The molecule has 1 aromatic carbocycles. The van der Waals surface area contributed by atoms with Crippen molar-refractivity contribution in [3.05, 3.63) is 89.0 Å². The Morgan fingerprint density at radius 1 is 1.02 bits per heavy atom. The number of rotatable bonds is 9. The molecule has 1 saturated heterocycles. The number of anilines is 2. The maximum absolute atomic E-state index is 12.9. The summed E-state index contributed by atoms with van der Waals surface area (Å²) in [4.78, 5) is 47.1. The number of urea groups is 1. The second-order valence-electron chi connectivity index (χ2n) is 12.4. The number of carbonyl (C=O) groups is 2. The lowest BCUT2D eigenvalue weighted by molar-refractivity contribution is -0.123. The van der Waals surface area contributed by atoms with Gasteiger partial charge in [0.2, 0.25) is 5.91 Å². The molecule has 1 N–H and O–H groups in total. The Bertz CT molecular complexity index is 2000. The number of imide groups is 1. The number of likely N-dealkylation sites (N-methyl/N-ethyl adjacent to an activating group) is 1. The minimum Gasteiger partial charge on any atom is -0.380 e. The molecule has 11 heteroatoms. The first kappa shape index (κ1) is 27.6. The second kappa shape index (κ2) is 10.6. The fourth-order valence-corrected chi connectivity index (χ4v) is 6.42. The number of methoxy groups -OCH3 is 1. The quantitative estimate of drug-likeness (QED) is 0.226. The number of fused-ring (bicyclic) bond motifs is 2. The number of nitrogens with zero attached hydrogens (tertiary/aromatic N) is 7. The first-order valence-corrected chi connectivity index (χ1v) is 15.4. The summed E-state index contributed by atoms with van der Waals surface area (Å²) in [5, 5.41) is 4.61. The van der Waals surface area contributed by atoms with Crippen LogP contribution in [0.3, 0.4) is 0 Å². The van der Waals surface area contributed by atoms with E-state index in [2.05, 4.69) is 45.7 Å². The lowest BCUT2D eigenvalue weighted by Gasteiger charge is -2.17. The van der Waals surface area contributed by atoms with Gasteiger partial charge in [-0.2, -0.15) is 0 Å². The van der Waals surface area contributed by atoms with Crippen LogP contribution in [0.5, 0.6) is 0 Å². The van der Waals surface area contributed by atoms with Crippen molar-refractivity contribution in [2.45, 2.75) is 57.1 Å². The van der Waals surface area contributed by atoms with E-state index >= 15 is 0 Å². The number of imidazole rings is 1. The third-order valence-corrected chi connectivity index (χ3v) is 9.13. The summed E-state index contributed by atoms with van der Waals surface area (Å²) >= 11 is 0. The minimum absolute atomic E-state index is 0.0214. The Hall–Kier alpha value is -4.90. The molecule has 228 valence electrons. The molecule has 11 nitrogen and oxygen atoms in total. The lowest BCUT2D eigenvalue weighted by Crippen LogP contribution is -2.30. The molecule has 5 heterocycles. The van der Waals surface area contributed by atoms with Crippen LogP contribution in [0.4, 0.5) is 16.2 Å². The summed E-state index contributed by atoms with van der Waals surface area (Å²) in [5.74, 6) is 1.76. The smallest absolute Gasteiger partial charge is 0.331 e. The van der Waals surface area contributed by atoms with Crippen LogP contribution < -0.4 is 10.2 Å². The van der Waals surface area contributed by atoms with Crippen molar-refractivity contribution >= 4 is 39.9 Å². The number of carbonyl (C=O) groups excluding carboxylic acids is 2. The summed E-state index contributed by atoms with van der Waals surface area (Å²) in [7, 11) is 3.22. The largest absolute Gasteiger partial charge is 0.380 e. The zero-order valence-electron chi connectivity index (χ0n) is 25.5. The first-order chi connectivity index (χ1) is 21.9. The summed E-state index contributed by atoms with van der Waals surface area (Å²) < 4.78 is 7.53. The number of benzene rings is 1. The molecule has 2 atom stereocenters. The Kier molecular flexibility index (Phi) is 6.52. The van der Waals surface area contributed by atoms with E-state index in [1.54, 1.807) is 7.11 Å². The van der Waals surface area contributed by atoms with E-state index < -0.39 is 0 Å². The van der Waals surface area contributed by atoms with Crippen molar-refractivity contribution in [1.82, 2.24) is 29.2 Å². The topological polar surface area (TPSA) is 118 Å². The molecule has 2 aliphatic carbocycles. The number of amides is 3. The molecule has 1 aliphatic heterocycles. The van der Waals surface area contributed by atoms with Crippen LogP contribution in [-0.4, -0.2) is 61.9 Å². The standard InChI is InChI=1S/C34H34N8O3/c1-19-8-9-35-32(37-19)27-13-26(27)28-7-6-25-22(18-45-3)10-23(12-29(25)39-28)36-14-24-16-41-15-21(20-4-5-20)11-30(33(41)38-24)42-17-31(43)40(2)34(42)44/h6-12,15-16,20,26-27,36H,4-5,13-14,17-18H2,1-3H3/t26-,27-/m0/s1. The Morgan fingerprint density at radius 3 is 2.64 bits per heavy atom. The molecule has 3 amide bonds. The molecule has 3 fully saturated rings. The van der Waals surface area contributed by atoms with Gasteiger partial charge in [0.25, 0.3) is 0 Å². The Labute approximate surface area is 260 Å². The predicted octanol–water partition coefficient (Wildman–Crippen LogP) is 5.29. The van der Waals surface area contributed by atoms with Crippen LogP contribution in [-0.2, 0) is 22.7 Å². The van der Waals surface area contributed by atoms with E-state index in [1.807, 2.05) is 35.9 Å². The fourth-order valence-electron chi connectivity index (χ4n) is 6.42. The molecule has 0 bridgehead atoms. The average molecular weight is 603 g/mol. The van der Waals surface area contributed by atoms with E-state index in [-0.39, 0.29) is 18.5 Å². The molecular formula is C34H34N8O3. The summed E-state index contributed by atoms with van der Waals surface area (Å²) in [6.45, 7) is 2.96. The second-order valence-corrected chi connectivity index (χ2v) is 12.4. The van der Waals surface area contributed by atoms with Crippen LogP contribution in [0.25, 0.3) is 16.6 Å². The fraction of sp³-hybridized carbons (Fsp3) is 0.353. The van der Waals surface area contributed by atoms with Gasteiger partial charge in [-0.3, -0.25) is 19.6 Å². The molecule has 0 unspecified atom stereocenters. The van der Waals surface area contributed by atoms with Gasteiger partial charge in [-0.1, -0.05) is 6.07 Å². The molecule has 3 aliphatic rings. The van der Waals surface area contributed by atoms with Gasteiger partial charge in [-0.15, -0.1) is 0 Å². The number of hydrogen-bond acceptors (Lipinski definition) is 8. The van der Waals surface area contributed by atoms with E-state index in [0.29, 0.717) is 42.2 Å². The summed E-state index contributed by atoms with van der Waals surface area (Å²) in [6, 6.07) is 12.1. The average Bonchev–Trinajstić information content (AvgIpc) is 3.97. The van der Waals surface area contributed by atoms with Gasteiger partial charge in [0.05, 0.1) is 30.0 Å². The van der Waals surface area contributed by atoms with Gasteiger partial charge in [0.15, 0.2) is 5.65 Å². The molecule has 0 radical (unpaired) electrons. The molecule has 4 aromatic heterocycles. The maximum Gasteiger partial charge on any atom is 0.331 e. The normalized spacial score (nSPS) is 19.7. The Balaban J connectivity index is 1.08. The van der Waals surface area contributed by atoms with Crippen molar-refractivity contribution in [1.29, 1.82) is 0 Å². The number of hydrogen-bond donors (Lipinski definition) is 1. The van der Waals surface area contributed by atoms with Crippen LogP contribution >= 0.6 is 0 Å². The SMILES string of the molecule is COCc1cc(NCc2cn3cc(C4CC4)cc(N4CC(=O)N(C)C4=O)c3n2)cc2nc([C@H]3C[C@@H]3c3nccc(C)n3)ccc12. The van der Waals surface area contributed by atoms with Gasteiger partial charge >= 0.3 is 6.03 Å². The zero-order valence-corrected chi connectivity index (χ0v) is 25.5. The Morgan fingerprint density at radius 2 is 1.89 bits per heavy atom. The maximum atomic E-state index is 12.9. The number of pyridine rings is 2. The summed E-state index contributed by atoms with van der Waals surface area (Å²) in [5.41, 5.74) is 8.24. The highest BCUT2D eigenvalue weighted by Gasteiger charge is 2.43. The molecule has 8 rings (SSSR count). The first-order valence-electron chi connectivity index (χ1n) is 15.4. The minimum atomic E-state index is -0.324. The van der Waals surface area contributed by atoms with Crippen LogP contribution in [0, 0.1) is 6.92 Å². The summed E-state index contributed by atoms with van der Waals surface area (Å²) in [6.07, 6.45) is 9.18. The van der Waals surface area contributed by atoms with Gasteiger partial charge < -0.3 is 14.5 Å². The van der Waals surface area contributed by atoms with Crippen molar-refractivity contribution in [3.8, 4) is 0 Å². The van der Waals surface area contributed by atoms with Crippen LogP contribution in [0.15, 0.2) is 55.0 Å². The van der Waals surface area contributed by atoms with Crippen molar-refractivity contribution in [2.24, 2.45) is 0 Å². The molecule has 2 saturated carbocycles. The van der Waals surface area contributed by atoms with E-state index in [1.165, 1.54) is 16.8 Å². The van der Waals surface area contributed by atoms with Crippen LogP contribution in [0.1, 0.15) is 71.0 Å². The highest BCUT2D eigenvalue weighted by molar-refractivity contribution is 6.13. The molecular weight excluding hydrogens is 568 g/mol. The highest BCUT2D eigenvalue weighted by Crippen LogP contribution is 2.53. The number of aromatic nitrogens is 5. The number of nitrogens with one attached hydrogen (secondary N) is 1. The molecule has 45 heavy (non-hydrogen) atoms. The van der Waals surface area contributed by atoms with Gasteiger partial charge in [-0.05, 0) is 73.6 Å². The molecule has 5 aromatic rings. The van der Waals surface area contributed by atoms with E-state index in [9.17, 15) is 9.59 Å². The number of aryl methyl sites for hydroxylation is 1. The number of ether oxygens (including phenoxy) is 1. The molecule has 0 spiro atoms. The van der Waals surface area contributed by atoms with Gasteiger partial charge in [0.1, 0.15) is 12.4 Å². The zero-order chi connectivity index (χ0) is 30.8. The van der Waals surface area contributed by atoms with Crippen molar-refractivity contribution in [2.75, 3.05) is 30.9 Å². The highest BCUT2D eigenvalue weighted by atomic mass is 16.5. The van der Waals surface area contributed by atoms with Crippen molar-refractivity contribution in [3.63, 3.8) is 0 Å². The van der Waals surface area contributed by atoms with Gasteiger partial charge in [-0.25, -0.2) is 19.7 Å². The predicted molar refractivity (Wildman–Crippen MR) is 169 cm³/mol. The van der Waals surface area contributed by atoms with Gasteiger partial charge in [0, 0.05) is 67.0 Å². The monoisotopic (exact) mass is 602 g/mol. The third-order valence-electron chi connectivity index (χ3n) is 9.13. The van der Waals surface area contributed by atoms with E-state index in [0.717, 1.165) is 69.9 Å². The van der Waals surface area contributed by atoms with Crippen molar-refractivity contribution < 1.29 is 14.3 Å².